The van der Waals surface area contributed by atoms with Crippen LogP contribution >= 0.6 is 0 Å². The number of nitrogens with one attached hydrogen (secondary N) is 1. The number of alkyl halides is 6. The number of H-pyrrole nitrogens is 1. The van der Waals surface area contributed by atoms with Crippen LogP contribution in [-0.4, -0.2) is 50.2 Å². The fourth-order valence-corrected chi connectivity index (χ4v) is 6.35. The Labute approximate surface area is 352 Å². The molecule has 0 radical (unpaired) electrons. The molecule has 1 aliphatic rings. The Morgan fingerprint density at radius 1 is 0.688 bits per heavy atom. The Hall–Kier alpha value is -7.65. The molecule has 332 valence electrons. The second-order valence-corrected chi connectivity index (χ2v) is 13.6. The molecule has 4 aromatic heterocycles. The number of rotatable bonds is 12. The molecular weight excluding hydrogens is 876 g/mol. The largest absolute Gasteiger partial charge is 0.573 e. The molecule has 0 aliphatic carbocycles. The average Bonchev–Trinajstić information content (AvgIpc) is 3.61. The second kappa shape index (κ2) is 18.8. The number of ether oxygens (including phenoxy) is 3. The quantitative estimate of drug-likeness (QED) is 0.0685. The van der Waals surface area contributed by atoms with Gasteiger partial charge >= 0.3 is 18.7 Å². The minimum atomic E-state index is -5.10. The molecule has 5 heterocycles. The van der Waals surface area contributed by atoms with Gasteiger partial charge in [0.1, 0.15) is 11.6 Å². The topological polar surface area (TPSA) is 176 Å². The number of nitrogens with two attached hydrogens (primary N) is 1. The number of aromatic nitrogens is 4. The first-order valence-electron chi connectivity index (χ1n) is 18.2. The molecule has 0 fully saturated rings. The maximum absolute atomic E-state index is 14.5. The maximum atomic E-state index is 14.5. The smallest absolute Gasteiger partial charge is 0.424 e. The van der Waals surface area contributed by atoms with Crippen LogP contribution in [0.5, 0.6) is 17.2 Å². The highest BCUT2D eigenvalue weighted by atomic mass is 19.4. The highest BCUT2D eigenvalue weighted by molar-refractivity contribution is 5.98. The van der Waals surface area contributed by atoms with Gasteiger partial charge in [-0.05, 0) is 71.8 Å². The van der Waals surface area contributed by atoms with Crippen molar-refractivity contribution in [3.63, 3.8) is 0 Å². The van der Waals surface area contributed by atoms with E-state index in [2.05, 4.69) is 29.4 Å². The van der Waals surface area contributed by atoms with Crippen molar-refractivity contribution in [2.24, 2.45) is 0 Å². The molecular formula is C42H27F10N5O7. The fourth-order valence-electron chi connectivity index (χ4n) is 6.35. The summed E-state index contributed by atoms with van der Waals surface area (Å²) in [5.41, 5.74) is 4.71. The van der Waals surface area contributed by atoms with Crippen LogP contribution in [0.15, 0.2) is 102 Å². The molecule has 12 nitrogen and oxygen atoms in total. The first-order chi connectivity index (χ1) is 30.2. The molecule has 7 rings (SSSR count). The minimum absolute atomic E-state index is 0.00429. The van der Waals surface area contributed by atoms with E-state index in [9.17, 15) is 63.1 Å². The van der Waals surface area contributed by atoms with Crippen molar-refractivity contribution in [1.82, 2.24) is 19.9 Å². The summed E-state index contributed by atoms with van der Waals surface area (Å²) in [6.45, 7) is 0. The molecule has 0 saturated carbocycles. The Kier molecular flexibility index (Phi) is 13.4. The van der Waals surface area contributed by atoms with Crippen LogP contribution in [0.4, 0.5) is 49.6 Å². The van der Waals surface area contributed by atoms with Crippen molar-refractivity contribution in [1.29, 1.82) is 0 Å². The van der Waals surface area contributed by atoms with Crippen LogP contribution in [0.1, 0.15) is 73.6 Å². The summed E-state index contributed by atoms with van der Waals surface area (Å²) in [6, 6.07) is 12.3. The molecule has 6 aromatic rings. The van der Waals surface area contributed by atoms with Crippen LogP contribution in [0.25, 0.3) is 0 Å². The van der Waals surface area contributed by atoms with Crippen LogP contribution < -0.4 is 25.5 Å². The van der Waals surface area contributed by atoms with E-state index in [1.807, 2.05) is 0 Å². The third-order valence-corrected chi connectivity index (χ3v) is 9.22. The van der Waals surface area contributed by atoms with Gasteiger partial charge in [-0.15, -0.1) is 26.3 Å². The number of esters is 1. The lowest BCUT2D eigenvalue weighted by molar-refractivity contribution is -0.276. The third-order valence-electron chi connectivity index (χ3n) is 9.22. The van der Waals surface area contributed by atoms with Gasteiger partial charge in [0.25, 0.3) is 5.56 Å². The SMILES string of the molecule is Nc1cc(C(=O)C[C@@H](c2ccc(OC(F)(F)F)c(F)c2)c2ncccc2F)c[nH]c1=O.O=C1Cc2ncc(C(=O)C[C@@H](c3ccc(OC(F)(F)F)c(F)c3)c3ncccc3F)cc2O1. The van der Waals surface area contributed by atoms with E-state index >= 15 is 0 Å². The first kappa shape index (κ1) is 45.9. The molecule has 2 atom stereocenters. The second-order valence-electron chi connectivity index (χ2n) is 13.6. The maximum Gasteiger partial charge on any atom is 0.573 e. The monoisotopic (exact) mass is 903 g/mol. The van der Waals surface area contributed by atoms with Gasteiger partial charge in [-0.25, -0.2) is 17.6 Å². The summed E-state index contributed by atoms with van der Waals surface area (Å²) in [5.74, 6) is -10.2. The zero-order chi connectivity index (χ0) is 46.5. The van der Waals surface area contributed by atoms with E-state index in [1.165, 1.54) is 36.8 Å². The van der Waals surface area contributed by atoms with Gasteiger partial charge in [-0.1, -0.05) is 12.1 Å². The number of fused-ring (bicyclic) bond motifs is 1. The van der Waals surface area contributed by atoms with E-state index in [1.54, 1.807) is 0 Å². The first-order valence-corrected chi connectivity index (χ1v) is 18.2. The Morgan fingerprint density at radius 2 is 1.19 bits per heavy atom. The van der Waals surface area contributed by atoms with E-state index in [-0.39, 0.29) is 51.5 Å². The van der Waals surface area contributed by atoms with Crippen molar-refractivity contribution in [2.45, 2.75) is 43.8 Å². The van der Waals surface area contributed by atoms with E-state index in [0.29, 0.717) is 11.8 Å². The number of hydrogen-bond acceptors (Lipinski definition) is 11. The molecule has 0 bridgehead atoms. The number of nitrogen functional groups attached to an aromatic ring is 1. The van der Waals surface area contributed by atoms with Crippen LogP contribution in [0.3, 0.4) is 0 Å². The van der Waals surface area contributed by atoms with Gasteiger partial charge < -0.3 is 24.9 Å². The zero-order valence-electron chi connectivity index (χ0n) is 32.1. The Morgan fingerprint density at radius 3 is 1.64 bits per heavy atom. The number of aromatic amines is 1. The number of carbonyl (C=O) groups is 3. The lowest BCUT2D eigenvalue weighted by Crippen LogP contribution is -2.18. The number of anilines is 1. The number of ketones is 2. The number of halogens is 10. The van der Waals surface area contributed by atoms with Crippen molar-refractivity contribution in [2.75, 3.05) is 5.73 Å². The van der Waals surface area contributed by atoms with Crippen LogP contribution in [0.2, 0.25) is 0 Å². The molecule has 1 aliphatic heterocycles. The average molecular weight is 904 g/mol. The van der Waals surface area contributed by atoms with Crippen molar-refractivity contribution in [3.05, 3.63) is 171 Å². The standard InChI is InChI=1S/C22H13F5N2O4.C20H14F5N3O3/c23-14-2-1-5-28-21(14)13(11-3-4-18(15(24)6-11)33-22(25,26)27)8-17(30)12-7-19-16(29-10-12)9-20(31)32-19;21-13-2-1-5-27-18(13)12(8-16(29)11-7-15(26)19(30)28-9-11)10-3-4-17(14(22)6-10)31-20(23,24)25/h1-7,10,13H,8-9H2;1-7,9,12H,8,26H2,(H,28,30)/t13-;12-/m00/s1. The van der Waals surface area contributed by atoms with E-state index in [4.69, 9.17) is 10.5 Å². The third kappa shape index (κ3) is 11.4. The van der Waals surface area contributed by atoms with E-state index < -0.39 is 95.3 Å². The lowest BCUT2D eigenvalue weighted by Gasteiger charge is -2.18. The van der Waals surface area contributed by atoms with Gasteiger partial charge in [0.15, 0.2) is 40.4 Å². The van der Waals surface area contributed by atoms with Gasteiger partial charge in [-0.2, -0.15) is 0 Å². The van der Waals surface area contributed by atoms with Crippen LogP contribution in [-0.2, 0) is 11.2 Å². The van der Waals surface area contributed by atoms with Crippen molar-refractivity contribution in [3.8, 4) is 17.2 Å². The fraction of sp³-hybridized carbons (Fsp3) is 0.167. The van der Waals surface area contributed by atoms with Gasteiger partial charge in [0.2, 0.25) is 0 Å². The number of carbonyl (C=O) groups excluding carboxylic acids is 3. The molecule has 22 heteroatoms. The number of pyridine rings is 4. The minimum Gasteiger partial charge on any atom is -0.424 e. The molecule has 0 unspecified atom stereocenters. The van der Waals surface area contributed by atoms with Gasteiger partial charge in [0, 0.05) is 60.6 Å². The number of benzene rings is 2. The van der Waals surface area contributed by atoms with Gasteiger partial charge in [0.05, 0.1) is 29.2 Å². The predicted octanol–water partition coefficient (Wildman–Crippen LogP) is 8.45. The Balaban J connectivity index is 0.000000213. The number of nitrogens with zero attached hydrogens (tertiary/aromatic N) is 3. The molecule has 0 saturated heterocycles. The zero-order valence-corrected chi connectivity index (χ0v) is 32.1. The van der Waals surface area contributed by atoms with Gasteiger partial charge in [-0.3, -0.25) is 34.1 Å². The highest BCUT2D eigenvalue weighted by Crippen LogP contribution is 2.36. The summed E-state index contributed by atoms with van der Waals surface area (Å²) in [7, 11) is 0. The predicted molar refractivity (Wildman–Crippen MR) is 201 cm³/mol. The van der Waals surface area contributed by atoms with E-state index in [0.717, 1.165) is 54.7 Å². The van der Waals surface area contributed by atoms with Crippen molar-refractivity contribution < 1.29 is 72.5 Å². The number of Topliss-reactive ketones (excluding diaryl/α,β-unsaturated/α-hetero) is 2. The molecule has 0 amide bonds. The number of hydrogen-bond donors (Lipinski definition) is 2. The molecule has 3 N–H and O–H groups in total. The highest BCUT2D eigenvalue weighted by Gasteiger charge is 2.35. The Bertz CT molecular complexity index is 2800. The summed E-state index contributed by atoms with van der Waals surface area (Å²) >= 11 is 0. The summed E-state index contributed by atoms with van der Waals surface area (Å²) in [6.07, 6.45) is -6.21. The summed E-state index contributed by atoms with van der Waals surface area (Å²) in [4.78, 5) is 62.6. The molecule has 0 spiro atoms. The lowest BCUT2D eigenvalue weighted by atomic mass is 9.88. The summed E-state index contributed by atoms with van der Waals surface area (Å²) < 4.78 is 144. The summed E-state index contributed by atoms with van der Waals surface area (Å²) in [5, 5.41) is 0. The normalized spacial score (nSPS) is 13.2. The van der Waals surface area contributed by atoms with Crippen LogP contribution in [0, 0.1) is 23.3 Å². The van der Waals surface area contributed by atoms with Crippen molar-refractivity contribution >= 4 is 23.2 Å². The molecule has 2 aromatic carbocycles. The molecule has 64 heavy (non-hydrogen) atoms.